The predicted molar refractivity (Wildman–Crippen MR) is 128 cm³/mol. The average molecular weight is 523 g/mol. The second-order valence-electron chi connectivity index (χ2n) is 11.2. The smallest absolute Gasteiger partial charge is 0.289 e. The number of Topliss-reactive ketones (excluding diaryl/α,β-unsaturated/α-hetero) is 1. The Morgan fingerprint density at radius 2 is 1.84 bits per heavy atom. The van der Waals surface area contributed by atoms with E-state index in [1.165, 1.54) is 4.90 Å². The Balaban J connectivity index is 1.26. The van der Waals surface area contributed by atoms with Gasteiger partial charge in [0.15, 0.2) is 5.79 Å². The summed E-state index contributed by atoms with van der Waals surface area (Å²) >= 11 is 0. The van der Waals surface area contributed by atoms with Crippen molar-refractivity contribution >= 4 is 17.6 Å². The molecule has 12 nitrogen and oxygen atoms in total. The summed E-state index contributed by atoms with van der Waals surface area (Å²) in [5.74, 6) is -3.78. The van der Waals surface area contributed by atoms with Crippen LogP contribution in [0.25, 0.3) is 0 Å². The van der Waals surface area contributed by atoms with Gasteiger partial charge in [0, 0.05) is 38.0 Å². The van der Waals surface area contributed by atoms with Gasteiger partial charge < -0.3 is 39.5 Å². The largest absolute Gasteiger partial charge is 0.388 e. The molecule has 37 heavy (non-hydrogen) atoms. The Kier molecular flexibility index (Phi) is 7.95. The fourth-order valence-corrected chi connectivity index (χ4v) is 5.67. The van der Waals surface area contributed by atoms with Crippen LogP contribution in [-0.4, -0.2) is 112 Å². The van der Waals surface area contributed by atoms with Crippen molar-refractivity contribution in [3.8, 4) is 6.07 Å². The molecule has 0 aromatic heterocycles. The molecule has 0 aliphatic carbocycles. The Bertz CT molecular complexity index is 943. The number of ketones is 1. The molecular formula is C25H38N4O8. The van der Waals surface area contributed by atoms with Crippen LogP contribution in [-0.2, 0) is 28.6 Å². The van der Waals surface area contributed by atoms with Gasteiger partial charge in [-0.25, -0.2) is 0 Å². The van der Waals surface area contributed by atoms with Crippen LogP contribution in [0.15, 0.2) is 0 Å². The number of nitrogens with zero attached hydrogens (tertiary/aromatic N) is 3. The van der Waals surface area contributed by atoms with Crippen molar-refractivity contribution in [1.29, 1.82) is 5.26 Å². The van der Waals surface area contributed by atoms with Crippen molar-refractivity contribution in [2.75, 3.05) is 32.8 Å². The van der Waals surface area contributed by atoms with E-state index in [2.05, 4.69) is 11.4 Å². The molecule has 0 radical (unpaired) electrons. The molecule has 4 heterocycles. The number of carbonyl (C=O) groups is 3. The monoisotopic (exact) mass is 522 g/mol. The van der Waals surface area contributed by atoms with Gasteiger partial charge in [0.1, 0.15) is 24.4 Å². The van der Waals surface area contributed by atoms with Gasteiger partial charge in [-0.15, -0.1) is 0 Å². The highest BCUT2D eigenvalue weighted by atomic mass is 16.8. The normalized spacial score (nSPS) is 34.6. The van der Waals surface area contributed by atoms with Crippen LogP contribution in [0.2, 0.25) is 0 Å². The van der Waals surface area contributed by atoms with Crippen LogP contribution in [0.1, 0.15) is 59.3 Å². The van der Waals surface area contributed by atoms with E-state index in [1.807, 2.05) is 6.92 Å². The number of piperidine rings is 1. The highest BCUT2D eigenvalue weighted by Gasteiger charge is 2.61. The van der Waals surface area contributed by atoms with Gasteiger partial charge in [-0.3, -0.25) is 14.4 Å². The van der Waals surface area contributed by atoms with Crippen LogP contribution in [0.3, 0.4) is 0 Å². The number of ether oxygens (including phenoxy) is 3. The van der Waals surface area contributed by atoms with Gasteiger partial charge in [0.25, 0.3) is 5.91 Å². The molecule has 0 saturated carbocycles. The number of hydrogen-bond donors (Lipinski definition) is 3. The minimum Gasteiger partial charge on any atom is -0.388 e. The molecule has 0 bridgehead atoms. The van der Waals surface area contributed by atoms with Crippen LogP contribution in [0.4, 0.5) is 0 Å². The first kappa shape index (κ1) is 27.9. The van der Waals surface area contributed by atoms with Crippen molar-refractivity contribution in [1.82, 2.24) is 15.1 Å². The average Bonchev–Trinajstić information content (AvgIpc) is 3.45. The number of hydrogen-bond acceptors (Lipinski definition) is 10. The minimum absolute atomic E-state index is 0.00483. The van der Waals surface area contributed by atoms with Gasteiger partial charge in [0.05, 0.1) is 19.2 Å². The Labute approximate surface area is 216 Å². The van der Waals surface area contributed by atoms with Gasteiger partial charge in [-0.1, -0.05) is 0 Å². The Morgan fingerprint density at radius 1 is 1.14 bits per heavy atom. The molecule has 0 spiro atoms. The van der Waals surface area contributed by atoms with E-state index in [0.717, 1.165) is 6.42 Å². The molecule has 206 valence electrons. The van der Waals surface area contributed by atoms with Crippen molar-refractivity contribution in [3.63, 3.8) is 0 Å². The van der Waals surface area contributed by atoms with E-state index in [4.69, 9.17) is 14.2 Å². The maximum Gasteiger partial charge on any atom is 0.289 e. The fourth-order valence-electron chi connectivity index (χ4n) is 5.67. The molecular weight excluding hydrogens is 484 g/mol. The van der Waals surface area contributed by atoms with Gasteiger partial charge >= 0.3 is 0 Å². The number of fused-ring (bicyclic) bond motifs is 1. The first-order chi connectivity index (χ1) is 17.4. The molecule has 4 aliphatic rings. The van der Waals surface area contributed by atoms with Crippen molar-refractivity contribution in [2.45, 2.75) is 101 Å². The predicted octanol–water partition coefficient (Wildman–Crippen LogP) is -0.579. The third-order valence-corrected chi connectivity index (χ3v) is 7.95. The highest BCUT2D eigenvalue weighted by Crippen LogP contribution is 2.44. The molecule has 4 saturated heterocycles. The zero-order chi connectivity index (χ0) is 27.0. The van der Waals surface area contributed by atoms with E-state index in [0.29, 0.717) is 38.9 Å². The van der Waals surface area contributed by atoms with Crippen LogP contribution in [0, 0.1) is 11.3 Å². The molecule has 0 aromatic rings. The number of likely N-dealkylation sites (tertiary alicyclic amines) is 2. The first-order valence-electron chi connectivity index (χ1n) is 13.0. The third kappa shape index (κ3) is 5.82. The third-order valence-electron chi connectivity index (χ3n) is 7.95. The number of aliphatic hydroxyl groups is 2. The second kappa shape index (κ2) is 10.6. The van der Waals surface area contributed by atoms with Crippen molar-refractivity contribution < 1.29 is 38.8 Å². The SMILES string of the molecule is CC1(NCC(=O)N2CCC[C@H]2C#N)CCN(C(=O)C(=O)CC[C@@]23OC[C@@H](O)[C@@H](O)[C@@H]2OC(C)(C)O3)CC1. The lowest BCUT2D eigenvalue weighted by molar-refractivity contribution is -0.294. The number of carbonyl (C=O) groups excluding carboxylic acids is 3. The summed E-state index contributed by atoms with van der Waals surface area (Å²) in [4.78, 5) is 41.4. The van der Waals surface area contributed by atoms with Crippen molar-refractivity contribution in [3.05, 3.63) is 0 Å². The number of rotatable bonds is 7. The zero-order valence-electron chi connectivity index (χ0n) is 21.8. The number of aliphatic hydroxyl groups excluding tert-OH is 2. The molecule has 4 fully saturated rings. The molecule has 4 rings (SSSR count). The Morgan fingerprint density at radius 3 is 2.51 bits per heavy atom. The summed E-state index contributed by atoms with van der Waals surface area (Å²) in [6.45, 7) is 6.60. The van der Waals surface area contributed by atoms with Gasteiger partial charge in [0.2, 0.25) is 17.5 Å². The highest BCUT2D eigenvalue weighted by molar-refractivity contribution is 6.36. The number of amides is 2. The molecule has 5 atom stereocenters. The minimum atomic E-state index is -1.42. The van der Waals surface area contributed by atoms with Gasteiger partial charge in [-0.05, 0) is 46.5 Å². The molecule has 0 aromatic carbocycles. The van der Waals surface area contributed by atoms with Crippen LogP contribution >= 0.6 is 0 Å². The summed E-state index contributed by atoms with van der Waals surface area (Å²) in [5, 5.41) is 32.9. The van der Waals surface area contributed by atoms with E-state index >= 15 is 0 Å². The second-order valence-corrected chi connectivity index (χ2v) is 11.2. The lowest BCUT2D eigenvalue weighted by atomic mass is 9.89. The van der Waals surface area contributed by atoms with Crippen LogP contribution in [0.5, 0.6) is 0 Å². The molecule has 3 N–H and O–H groups in total. The summed E-state index contributed by atoms with van der Waals surface area (Å²) < 4.78 is 17.4. The Hall–Kier alpha value is -2.14. The van der Waals surface area contributed by atoms with E-state index < -0.39 is 41.6 Å². The fraction of sp³-hybridized carbons (Fsp3) is 0.840. The molecule has 4 aliphatic heterocycles. The summed E-state index contributed by atoms with van der Waals surface area (Å²) in [5.41, 5.74) is -0.364. The zero-order valence-corrected chi connectivity index (χ0v) is 21.8. The lowest BCUT2D eigenvalue weighted by Crippen LogP contribution is -2.59. The summed E-state index contributed by atoms with van der Waals surface area (Å²) in [6.07, 6.45) is -0.824. The summed E-state index contributed by atoms with van der Waals surface area (Å²) in [7, 11) is 0. The summed E-state index contributed by atoms with van der Waals surface area (Å²) in [6, 6.07) is 1.82. The standard InChI is InChI=1S/C25H38N4O8/c1-23(2)36-21-20(33)18(31)15-35-25(21,37-23)7-6-17(30)22(34)28-11-8-24(3,9-12-28)27-14-19(32)29-10-4-5-16(29)13-26/h16,18,20-21,27,31,33H,4-12,14-15H2,1-3H3/t16-,18+,20+,21-,25-/m0/s1. The topological polar surface area (TPSA) is 162 Å². The molecule has 12 heteroatoms. The quantitative estimate of drug-likeness (QED) is 0.369. The number of nitriles is 1. The van der Waals surface area contributed by atoms with Gasteiger partial charge in [-0.2, -0.15) is 5.26 Å². The molecule has 0 unspecified atom stereocenters. The van der Waals surface area contributed by atoms with Crippen molar-refractivity contribution in [2.24, 2.45) is 0 Å². The first-order valence-corrected chi connectivity index (χ1v) is 13.0. The maximum absolute atomic E-state index is 12.9. The van der Waals surface area contributed by atoms with E-state index in [1.54, 1.807) is 18.7 Å². The van der Waals surface area contributed by atoms with E-state index in [-0.39, 0.29) is 43.5 Å². The number of nitrogens with one attached hydrogen (secondary N) is 1. The van der Waals surface area contributed by atoms with Crippen LogP contribution < -0.4 is 5.32 Å². The lowest BCUT2D eigenvalue weighted by Gasteiger charge is -2.41. The molecule has 2 amide bonds. The van der Waals surface area contributed by atoms with E-state index in [9.17, 15) is 29.9 Å². The maximum atomic E-state index is 12.9.